The van der Waals surface area contributed by atoms with Crippen molar-refractivity contribution in [2.45, 2.75) is 38.7 Å². The van der Waals surface area contributed by atoms with Crippen molar-refractivity contribution in [3.63, 3.8) is 0 Å². The molecule has 7 heteroatoms. The molecule has 0 saturated carbocycles. The van der Waals surface area contributed by atoms with Crippen molar-refractivity contribution in [1.29, 1.82) is 0 Å². The van der Waals surface area contributed by atoms with Crippen LogP contribution in [0.5, 0.6) is 5.75 Å². The van der Waals surface area contributed by atoms with Gasteiger partial charge in [-0.05, 0) is 37.1 Å². The van der Waals surface area contributed by atoms with E-state index in [2.05, 4.69) is 15.5 Å². The number of carbonyl (C=O) groups is 1. The summed E-state index contributed by atoms with van der Waals surface area (Å²) in [4.78, 5) is 12.1. The molecule has 28 heavy (non-hydrogen) atoms. The lowest BCUT2D eigenvalue weighted by Gasteiger charge is -2.09. The third kappa shape index (κ3) is 5.60. The molecule has 6 nitrogen and oxygen atoms in total. The molecule has 1 heterocycles. The lowest BCUT2D eigenvalue weighted by atomic mass is 10.2. The molecule has 1 N–H and O–H groups in total. The molecule has 0 bridgehead atoms. The van der Waals surface area contributed by atoms with Crippen molar-refractivity contribution in [2.24, 2.45) is 0 Å². The maximum atomic E-state index is 12.1. The van der Waals surface area contributed by atoms with Gasteiger partial charge in [-0.2, -0.15) is 0 Å². The molecule has 1 amide bonds. The molecule has 3 rings (SSSR count). The van der Waals surface area contributed by atoms with E-state index < -0.39 is 0 Å². The molecular weight excluding hydrogens is 372 g/mol. The molecule has 0 unspecified atom stereocenters. The van der Waals surface area contributed by atoms with Crippen LogP contribution in [0, 0.1) is 6.92 Å². The fourth-order valence-electron chi connectivity index (χ4n) is 2.68. The monoisotopic (exact) mass is 396 g/mol. The third-order valence-corrected chi connectivity index (χ3v) is 5.10. The predicted molar refractivity (Wildman–Crippen MR) is 110 cm³/mol. The Kier molecular flexibility index (Phi) is 7.08. The molecule has 0 aliphatic carbocycles. The summed E-state index contributed by atoms with van der Waals surface area (Å²) in [6.07, 6.45) is 0. The summed E-state index contributed by atoms with van der Waals surface area (Å²) >= 11 is 1.38. The Hall–Kier alpha value is -2.80. The van der Waals surface area contributed by atoms with Gasteiger partial charge in [0.15, 0.2) is 11.0 Å². The molecule has 0 fully saturated rings. The van der Waals surface area contributed by atoms with Crippen LogP contribution in [0.3, 0.4) is 0 Å². The number of thioether (sulfide) groups is 1. The van der Waals surface area contributed by atoms with E-state index in [0.717, 1.165) is 27.9 Å². The molecule has 0 aliphatic rings. The van der Waals surface area contributed by atoms with Gasteiger partial charge in [-0.25, -0.2) is 0 Å². The molecular formula is C21H24N4O2S. The maximum absolute atomic E-state index is 12.1. The van der Waals surface area contributed by atoms with Crippen LogP contribution in [0.4, 0.5) is 0 Å². The highest BCUT2D eigenvalue weighted by Crippen LogP contribution is 2.19. The molecule has 0 saturated heterocycles. The number of aryl methyl sites for hydroxylation is 1. The number of nitrogens with zero attached hydrogens (tertiary/aromatic N) is 3. The number of hydrogen-bond acceptors (Lipinski definition) is 5. The summed E-state index contributed by atoms with van der Waals surface area (Å²) in [6, 6.07) is 17.7. The smallest absolute Gasteiger partial charge is 0.230 e. The fraction of sp³-hybridized carbons (Fsp3) is 0.286. The molecule has 1 aromatic heterocycles. The lowest BCUT2D eigenvalue weighted by molar-refractivity contribution is -0.118. The molecule has 0 radical (unpaired) electrons. The second-order valence-electron chi connectivity index (χ2n) is 6.30. The summed E-state index contributed by atoms with van der Waals surface area (Å²) in [7, 11) is 0. The Morgan fingerprint density at radius 2 is 1.96 bits per heavy atom. The summed E-state index contributed by atoms with van der Waals surface area (Å²) in [6.45, 7) is 5.63. The first-order valence-electron chi connectivity index (χ1n) is 9.20. The number of ether oxygens (including phenoxy) is 1. The van der Waals surface area contributed by atoms with Crippen LogP contribution < -0.4 is 10.1 Å². The zero-order valence-corrected chi connectivity index (χ0v) is 16.9. The van der Waals surface area contributed by atoms with E-state index >= 15 is 0 Å². The third-order valence-electron chi connectivity index (χ3n) is 4.13. The van der Waals surface area contributed by atoms with Crippen LogP contribution in [0.2, 0.25) is 0 Å². The summed E-state index contributed by atoms with van der Waals surface area (Å²) in [5.74, 6) is 1.82. The number of rotatable bonds is 9. The van der Waals surface area contributed by atoms with Gasteiger partial charge in [0.25, 0.3) is 0 Å². The lowest BCUT2D eigenvalue weighted by Crippen LogP contribution is -2.24. The van der Waals surface area contributed by atoms with E-state index in [1.807, 2.05) is 73.0 Å². The van der Waals surface area contributed by atoms with Crippen LogP contribution in [0.15, 0.2) is 59.8 Å². The van der Waals surface area contributed by atoms with Gasteiger partial charge in [-0.1, -0.05) is 54.2 Å². The first-order chi connectivity index (χ1) is 13.7. The Morgan fingerprint density at radius 3 is 2.71 bits per heavy atom. The molecule has 2 aromatic carbocycles. The highest BCUT2D eigenvalue weighted by atomic mass is 32.2. The Balaban J connectivity index is 1.52. The largest absolute Gasteiger partial charge is 0.486 e. The SMILES string of the molecule is CCn1c(COc2cccc(C)c2)nnc1SCC(=O)NCc1ccccc1. The van der Waals surface area contributed by atoms with E-state index in [1.54, 1.807) is 0 Å². The van der Waals surface area contributed by atoms with Gasteiger partial charge >= 0.3 is 0 Å². The van der Waals surface area contributed by atoms with Crippen molar-refractivity contribution in [2.75, 3.05) is 5.75 Å². The quantitative estimate of drug-likeness (QED) is 0.560. The molecule has 3 aromatic rings. The number of nitrogens with one attached hydrogen (secondary N) is 1. The highest BCUT2D eigenvalue weighted by Gasteiger charge is 2.13. The van der Waals surface area contributed by atoms with Gasteiger partial charge < -0.3 is 14.6 Å². The van der Waals surface area contributed by atoms with Crippen LogP contribution in [0.25, 0.3) is 0 Å². The van der Waals surface area contributed by atoms with Crippen LogP contribution in [0.1, 0.15) is 23.9 Å². The van der Waals surface area contributed by atoms with Crippen molar-refractivity contribution in [1.82, 2.24) is 20.1 Å². The Morgan fingerprint density at radius 1 is 1.14 bits per heavy atom. The minimum absolute atomic E-state index is 0.0305. The normalized spacial score (nSPS) is 10.6. The van der Waals surface area contributed by atoms with E-state index in [4.69, 9.17) is 4.74 Å². The van der Waals surface area contributed by atoms with E-state index in [0.29, 0.717) is 25.4 Å². The van der Waals surface area contributed by atoms with Gasteiger partial charge in [0.1, 0.15) is 12.4 Å². The second-order valence-corrected chi connectivity index (χ2v) is 7.24. The average molecular weight is 397 g/mol. The van der Waals surface area contributed by atoms with Crippen LogP contribution >= 0.6 is 11.8 Å². The minimum atomic E-state index is -0.0305. The van der Waals surface area contributed by atoms with Gasteiger partial charge in [-0.15, -0.1) is 10.2 Å². The first-order valence-corrected chi connectivity index (χ1v) is 10.2. The summed E-state index contributed by atoms with van der Waals surface area (Å²) < 4.78 is 7.81. The van der Waals surface area contributed by atoms with E-state index in [9.17, 15) is 4.79 Å². The van der Waals surface area contributed by atoms with Gasteiger partial charge in [0.2, 0.25) is 5.91 Å². The van der Waals surface area contributed by atoms with Gasteiger partial charge in [-0.3, -0.25) is 4.79 Å². The number of benzene rings is 2. The Labute approximate surface area is 169 Å². The number of carbonyl (C=O) groups excluding carboxylic acids is 1. The average Bonchev–Trinajstić information content (AvgIpc) is 3.12. The zero-order valence-electron chi connectivity index (χ0n) is 16.1. The maximum Gasteiger partial charge on any atom is 0.230 e. The fourth-order valence-corrected chi connectivity index (χ4v) is 3.53. The minimum Gasteiger partial charge on any atom is -0.486 e. The van der Waals surface area contributed by atoms with E-state index in [-0.39, 0.29) is 5.91 Å². The highest BCUT2D eigenvalue weighted by molar-refractivity contribution is 7.99. The summed E-state index contributed by atoms with van der Waals surface area (Å²) in [5.41, 5.74) is 2.22. The molecule has 0 atom stereocenters. The van der Waals surface area contributed by atoms with Crippen molar-refractivity contribution in [3.05, 3.63) is 71.5 Å². The van der Waals surface area contributed by atoms with Gasteiger partial charge in [0.05, 0.1) is 5.75 Å². The number of aromatic nitrogens is 3. The second kappa shape index (κ2) is 9.94. The molecule has 146 valence electrons. The number of hydrogen-bond donors (Lipinski definition) is 1. The Bertz CT molecular complexity index is 912. The molecule has 0 aliphatic heterocycles. The predicted octanol–water partition coefficient (Wildman–Crippen LogP) is 3.59. The standard InChI is InChI=1S/C21H24N4O2S/c1-3-25-19(14-27-18-11-7-8-16(2)12-18)23-24-21(25)28-15-20(26)22-13-17-9-5-4-6-10-17/h4-12H,3,13-15H2,1-2H3,(H,22,26). The van der Waals surface area contributed by atoms with Crippen molar-refractivity contribution >= 4 is 17.7 Å². The van der Waals surface area contributed by atoms with Gasteiger partial charge in [0, 0.05) is 13.1 Å². The van der Waals surface area contributed by atoms with Crippen molar-refractivity contribution in [3.8, 4) is 5.75 Å². The first kappa shape index (κ1) is 19.9. The van der Waals surface area contributed by atoms with Crippen molar-refractivity contribution < 1.29 is 9.53 Å². The van der Waals surface area contributed by atoms with Crippen LogP contribution in [-0.4, -0.2) is 26.4 Å². The topological polar surface area (TPSA) is 69.0 Å². The van der Waals surface area contributed by atoms with E-state index in [1.165, 1.54) is 11.8 Å². The molecule has 0 spiro atoms. The summed E-state index contributed by atoms with van der Waals surface area (Å²) in [5, 5.41) is 12.1. The van der Waals surface area contributed by atoms with Crippen LogP contribution in [-0.2, 0) is 24.5 Å². The zero-order chi connectivity index (χ0) is 19.8. The number of amides is 1.